The van der Waals surface area contributed by atoms with Crippen LogP contribution in [0.4, 0.5) is 5.82 Å². The molecule has 2 N–H and O–H groups in total. The highest BCUT2D eigenvalue weighted by Crippen LogP contribution is 2.27. The summed E-state index contributed by atoms with van der Waals surface area (Å²) in [6.45, 7) is 13.9. The normalized spacial score (nSPS) is 12.4. The molecule has 1 aromatic heterocycles. The van der Waals surface area contributed by atoms with Gasteiger partial charge in [0.2, 0.25) is 0 Å². The minimum atomic E-state index is 0.0549. The van der Waals surface area contributed by atoms with E-state index in [-0.39, 0.29) is 5.41 Å². The van der Waals surface area contributed by atoms with E-state index < -0.39 is 0 Å². The van der Waals surface area contributed by atoms with Crippen molar-refractivity contribution in [2.45, 2.75) is 59.9 Å². The smallest absolute Gasteiger partial charge is 0.126 e. The predicted octanol–water partition coefficient (Wildman–Crippen LogP) is 2.98. The molecule has 1 heterocycles. The zero-order valence-corrected chi connectivity index (χ0v) is 11.5. The molecule has 0 atom stereocenters. The Balaban J connectivity index is 3.20. The van der Waals surface area contributed by atoms with E-state index in [1.807, 2.05) is 0 Å². The largest absolute Gasteiger partial charge is 0.384 e. The molecular weight excluding hydrogens is 198 g/mol. The van der Waals surface area contributed by atoms with Crippen LogP contribution in [-0.2, 0) is 18.4 Å². The topological polar surface area (TPSA) is 43.8 Å². The Hall–Kier alpha value is -0.990. The minimum absolute atomic E-state index is 0.0549. The Bertz CT molecular complexity index is 356. The SMILES string of the molecule is CCn1c(C(C)(C)C)nc(CC(C)C)c1N. The van der Waals surface area contributed by atoms with E-state index in [2.05, 4.69) is 46.1 Å². The number of nitrogens with zero attached hydrogens (tertiary/aromatic N) is 2. The van der Waals surface area contributed by atoms with Crippen LogP contribution in [0, 0.1) is 5.92 Å². The molecule has 3 nitrogen and oxygen atoms in total. The Labute approximate surface area is 99.1 Å². The van der Waals surface area contributed by atoms with Crippen LogP contribution in [0.2, 0.25) is 0 Å². The van der Waals surface area contributed by atoms with Gasteiger partial charge in [0.15, 0.2) is 0 Å². The van der Waals surface area contributed by atoms with Gasteiger partial charge in [-0.15, -0.1) is 0 Å². The summed E-state index contributed by atoms with van der Waals surface area (Å²) in [5, 5.41) is 0. The third-order valence-corrected chi connectivity index (χ3v) is 2.67. The molecule has 0 aliphatic rings. The lowest BCUT2D eigenvalue weighted by atomic mass is 9.95. The summed E-state index contributed by atoms with van der Waals surface area (Å²) in [7, 11) is 0. The second-order valence-electron chi connectivity index (χ2n) is 5.86. The minimum Gasteiger partial charge on any atom is -0.384 e. The molecule has 0 saturated heterocycles. The Kier molecular flexibility index (Phi) is 3.66. The third-order valence-electron chi connectivity index (χ3n) is 2.67. The van der Waals surface area contributed by atoms with E-state index in [1.165, 1.54) is 0 Å². The summed E-state index contributed by atoms with van der Waals surface area (Å²) in [4.78, 5) is 4.73. The highest BCUT2D eigenvalue weighted by Gasteiger charge is 2.24. The average Bonchev–Trinajstić information content (AvgIpc) is 2.42. The lowest BCUT2D eigenvalue weighted by Gasteiger charge is -2.19. The van der Waals surface area contributed by atoms with Crippen LogP contribution in [0.1, 0.15) is 53.1 Å². The molecule has 0 aliphatic heterocycles. The molecule has 0 unspecified atom stereocenters. The summed E-state index contributed by atoms with van der Waals surface area (Å²) in [5.41, 5.74) is 7.27. The molecule has 3 heteroatoms. The van der Waals surface area contributed by atoms with Gasteiger partial charge in [-0.25, -0.2) is 4.98 Å². The van der Waals surface area contributed by atoms with Crippen molar-refractivity contribution in [1.29, 1.82) is 0 Å². The van der Waals surface area contributed by atoms with Crippen LogP contribution in [0.25, 0.3) is 0 Å². The van der Waals surface area contributed by atoms with Crippen LogP contribution in [0.3, 0.4) is 0 Å². The molecule has 0 saturated carbocycles. The van der Waals surface area contributed by atoms with Gasteiger partial charge in [-0.1, -0.05) is 34.6 Å². The molecule has 16 heavy (non-hydrogen) atoms. The maximum Gasteiger partial charge on any atom is 0.126 e. The van der Waals surface area contributed by atoms with Gasteiger partial charge < -0.3 is 10.3 Å². The van der Waals surface area contributed by atoms with Gasteiger partial charge in [0, 0.05) is 12.0 Å². The highest BCUT2D eigenvalue weighted by atomic mass is 15.1. The van der Waals surface area contributed by atoms with Crippen LogP contribution in [-0.4, -0.2) is 9.55 Å². The maximum atomic E-state index is 6.16. The number of imidazole rings is 1. The van der Waals surface area contributed by atoms with Gasteiger partial charge in [-0.3, -0.25) is 0 Å². The van der Waals surface area contributed by atoms with E-state index in [0.29, 0.717) is 5.92 Å². The molecule has 1 aromatic rings. The van der Waals surface area contributed by atoms with Crippen molar-refractivity contribution in [1.82, 2.24) is 9.55 Å². The monoisotopic (exact) mass is 223 g/mol. The lowest BCUT2D eigenvalue weighted by Crippen LogP contribution is -2.19. The van der Waals surface area contributed by atoms with Crippen LogP contribution < -0.4 is 5.73 Å². The highest BCUT2D eigenvalue weighted by molar-refractivity contribution is 5.40. The quantitative estimate of drug-likeness (QED) is 0.856. The van der Waals surface area contributed by atoms with Crippen molar-refractivity contribution in [3.8, 4) is 0 Å². The first-order valence-corrected chi connectivity index (χ1v) is 6.12. The summed E-state index contributed by atoms with van der Waals surface area (Å²) in [6.07, 6.45) is 0.960. The van der Waals surface area contributed by atoms with Crippen molar-refractivity contribution in [3.05, 3.63) is 11.5 Å². The van der Waals surface area contributed by atoms with Crippen molar-refractivity contribution < 1.29 is 0 Å². The van der Waals surface area contributed by atoms with Gasteiger partial charge in [0.25, 0.3) is 0 Å². The maximum absolute atomic E-state index is 6.16. The molecule has 0 radical (unpaired) electrons. The van der Waals surface area contributed by atoms with E-state index in [0.717, 1.165) is 30.3 Å². The molecule has 0 fully saturated rings. The molecule has 92 valence electrons. The molecule has 0 bridgehead atoms. The number of nitrogen functional groups attached to an aromatic ring is 1. The van der Waals surface area contributed by atoms with Gasteiger partial charge in [-0.2, -0.15) is 0 Å². The van der Waals surface area contributed by atoms with Crippen LogP contribution >= 0.6 is 0 Å². The average molecular weight is 223 g/mol. The zero-order chi connectivity index (χ0) is 12.5. The lowest BCUT2D eigenvalue weighted by molar-refractivity contribution is 0.507. The van der Waals surface area contributed by atoms with Gasteiger partial charge >= 0.3 is 0 Å². The number of aromatic nitrogens is 2. The Morgan fingerprint density at radius 3 is 2.19 bits per heavy atom. The summed E-state index contributed by atoms with van der Waals surface area (Å²) in [5.74, 6) is 2.54. The fourth-order valence-corrected chi connectivity index (χ4v) is 1.94. The molecule has 0 spiro atoms. The van der Waals surface area contributed by atoms with E-state index in [4.69, 9.17) is 10.7 Å². The standard InChI is InChI=1S/C13H25N3/c1-7-16-11(14)10(8-9(2)3)15-12(16)13(4,5)6/h9H,7-8,14H2,1-6H3. The Morgan fingerprint density at radius 2 is 1.88 bits per heavy atom. The van der Waals surface area contributed by atoms with Crippen molar-refractivity contribution in [3.63, 3.8) is 0 Å². The first kappa shape index (κ1) is 13.1. The van der Waals surface area contributed by atoms with Crippen molar-refractivity contribution in [2.24, 2.45) is 5.92 Å². The van der Waals surface area contributed by atoms with E-state index >= 15 is 0 Å². The zero-order valence-electron chi connectivity index (χ0n) is 11.5. The summed E-state index contributed by atoms with van der Waals surface area (Å²) >= 11 is 0. The van der Waals surface area contributed by atoms with E-state index in [9.17, 15) is 0 Å². The Morgan fingerprint density at radius 1 is 1.31 bits per heavy atom. The summed E-state index contributed by atoms with van der Waals surface area (Å²) in [6, 6.07) is 0. The van der Waals surface area contributed by atoms with Gasteiger partial charge in [-0.05, 0) is 19.3 Å². The third kappa shape index (κ3) is 2.57. The number of hydrogen-bond donors (Lipinski definition) is 1. The van der Waals surface area contributed by atoms with E-state index in [1.54, 1.807) is 0 Å². The molecular formula is C13H25N3. The van der Waals surface area contributed by atoms with Crippen LogP contribution in [0.15, 0.2) is 0 Å². The first-order chi connectivity index (χ1) is 7.27. The molecule has 0 aliphatic carbocycles. The fourth-order valence-electron chi connectivity index (χ4n) is 1.94. The summed E-state index contributed by atoms with van der Waals surface area (Å²) < 4.78 is 2.14. The van der Waals surface area contributed by atoms with Crippen LogP contribution in [0.5, 0.6) is 0 Å². The fraction of sp³-hybridized carbons (Fsp3) is 0.769. The number of hydrogen-bond acceptors (Lipinski definition) is 2. The number of nitrogens with two attached hydrogens (primary N) is 1. The second kappa shape index (κ2) is 4.48. The first-order valence-electron chi connectivity index (χ1n) is 6.12. The molecule has 1 rings (SSSR count). The number of anilines is 1. The van der Waals surface area contributed by atoms with Gasteiger partial charge in [0.05, 0.1) is 5.69 Å². The van der Waals surface area contributed by atoms with Crippen molar-refractivity contribution in [2.75, 3.05) is 5.73 Å². The second-order valence-corrected chi connectivity index (χ2v) is 5.86. The predicted molar refractivity (Wildman–Crippen MR) is 69.6 cm³/mol. The van der Waals surface area contributed by atoms with Crippen molar-refractivity contribution >= 4 is 5.82 Å². The van der Waals surface area contributed by atoms with Gasteiger partial charge in [0.1, 0.15) is 11.6 Å². The molecule has 0 aromatic carbocycles. The molecule has 0 amide bonds. The number of rotatable bonds is 3.